The van der Waals surface area contributed by atoms with Crippen molar-refractivity contribution in [1.82, 2.24) is 4.98 Å². The molecule has 0 saturated carbocycles. The van der Waals surface area contributed by atoms with Crippen LogP contribution in [0.15, 0.2) is 41.0 Å². The number of nitrogens with two attached hydrogens (primary N) is 1. The molecule has 3 nitrogen and oxygen atoms in total. The van der Waals surface area contributed by atoms with E-state index < -0.39 is 0 Å². The number of nitrogen functional groups attached to an aromatic ring is 1. The summed E-state index contributed by atoms with van der Waals surface area (Å²) in [5.41, 5.74) is 7.11. The van der Waals surface area contributed by atoms with Gasteiger partial charge in [-0.3, -0.25) is 0 Å². The number of anilines is 1. The molecule has 2 N–H and O–H groups in total. The summed E-state index contributed by atoms with van der Waals surface area (Å²) in [6.45, 7) is 5.20. The van der Waals surface area contributed by atoms with Gasteiger partial charge in [0.2, 0.25) is 0 Å². The number of rotatable bonds is 5. The molecule has 0 amide bonds. The monoisotopic (exact) mass is 292 g/mol. The van der Waals surface area contributed by atoms with E-state index in [1.54, 1.807) is 11.8 Å². The largest absolute Gasteiger partial charge is 0.388 e. The number of aromatic nitrogens is 2. The van der Waals surface area contributed by atoms with Crippen molar-refractivity contribution in [2.45, 2.75) is 31.8 Å². The summed E-state index contributed by atoms with van der Waals surface area (Å²) in [6.07, 6.45) is 7.31. The van der Waals surface area contributed by atoms with Gasteiger partial charge in [0.15, 0.2) is 12.4 Å². The maximum atomic E-state index is 5.99. The number of nitrogens with zero attached hydrogens (tertiary/aromatic N) is 2. The minimum atomic E-state index is 0.781. The van der Waals surface area contributed by atoms with Crippen LogP contribution in [0.1, 0.15) is 20.3 Å². The van der Waals surface area contributed by atoms with Gasteiger partial charge in [-0.2, -0.15) is 0 Å². The van der Waals surface area contributed by atoms with E-state index in [-0.39, 0.29) is 0 Å². The minimum Gasteiger partial charge on any atom is -0.388 e. The van der Waals surface area contributed by atoms with E-state index in [0.717, 1.165) is 33.6 Å². The van der Waals surface area contributed by atoms with Gasteiger partial charge in [-0.15, -0.1) is 0 Å². The van der Waals surface area contributed by atoms with Gasteiger partial charge in [-0.05, 0) is 12.3 Å². The lowest BCUT2D eigenvalue weighted by Crippen LogP contribution is -2.31. The number of hydrogen-bond donors (Lipinski definition) is 1. The Morgan fingerprint density at radius 1 is 1.42 bits per heavy atom. The van der Waals surface area contributed by atoms with Crippen LogP contribution in [-0.2, 0) is 6.54 Å². The Morgan fingerprint density at radius 3 is 2.79 bits per heavy atom. The van der Waals surface area contributed by atoms with Gasteiger partial charge < -0.3 is 5.73 Å². The molecule has 0 saturated heterocycles. The van der Waals surface area contributed by atoms with Crippen molar-refractivity contribution < 1.29 is 4.57 Å². The average molecular weight is 292 g/mol. The number of allylic oxidation sites excluding steroid dienone is 1. The molecule has 19 heavy (non-hydrogen) atoms. The lowest BCUT2D eigenvalue weighted by atomic mass is 10.3. The highest BCUT2D eigenvalue weighted by molar-refractivity contribution is 8.02. The number of hydrogen-bond acceptors (Lipinski definition) is 4. The quantitative estimate of drug-likeness (QED) is 0.674. The Labute approximate surface area is 122 Å². The van der Waals surface area contributed by atoms with E-state index in [2.05, 4.69) is 41.0 Å². The van der Waals surface area contributed by atoms with Crippen LogP contribution < -0.4 is 10.3 Å². The molecule has 0 fully saturated rings. The maximum Gasteiger partial charge on any atom is 0.169 e. The Hall–Kier alpha value is -1.33. The summed E-state index contributed by atoms with van der Waals surface area (Å²) in [5, 5.41) is 4.65. The van der Waals surface area contributed by atoms with E-state index in [4.69, 9.17) is 5.73 Å². The van der Waals surface area contributed by atoms with Crippen LogP contribution in [0, 0.1) is 0 Å². The highest BCUT2D eigenvalue weighted by Gasteiger charge is 2.11. The van der Waals surface area contributed by atoms with E-state index in [9.17, 15) is 0 Å². The molecule has 2 aromatic heterocycles. The third kappa shape index (κ3) is 3.58. The summed E-state index contributed by atoms with van der Waals surface area (Å²) < 4.78 is 2.18. The van der Waals surface area contributed by atoms with Crippen LogP contribution in [0.25, 0.3) is 10.6 Å². The molecular formula is C14H18N3S2+. The van der Waals surface area contributed by atoms with Crippen molar-refractivity contribution in [2.24, 2.45) is 0 Å². The molecule has 0 aliphatic carbocycles. The second-order valence-corrected chi connectivity index (χ2v) is 6.03. The highest BCUT2D eigenvalue weighted by atomic mass is 32.2. The van der Waals surface area contributed by atoms with Crippen molar-refractivity contribution in [2.75, 3.05) is 5.73 Å². The predicted molar refractivity (Wildman–Crippen MR) is 83.1 cm³/mol. The van der Waals surface area contributed by atoms with Crippen molar-refractivity contribution in [3.63, 3.8) is 0 Å². The van der Waals surface area contributed by atoms with E-state index in [0.29, 0.717) is 0 Å². The Kier molecular flexibility index (Phi) is 4.99. The van der Waals surface area contributed by atoms with E-state index in [1.165, 1.54) is 11.3 Å². The first-order valence-electron chi connectivity index (χ1n) is 6.28. The number of pyridine rings is 1. The van der Waals surface area contributed by atoms with Crippen LogP contribution in [0.2, 0.25) is 0 Å². The predicted octanol–water partition coefficient (Wildman–Crippen LogP) is 3.72. The van der Waals surface area contributed by atoms with Crippen molar-refractivity contribution in [3.8, 4) is 10.6 Å². The van der Waals surface area contributed by atoms with Gasteiger partial charge >= 0.3 is 0 Å². The fraction of sp³-hybridized carbons (Fsp3) is 0.286. The molecule has 0 unspecified atom stereocenters. The van der Waals surface area contributed by atoms with E-state index >= 15 is 0 Å². The molecule has 0 aliphatic rings. The van der Waals surface area contributed by atoms with Gasteiger partial charge in [-0.1, -0.05) is 36.1 Å². The summed E-state index contributed by atoms with van der Waals surface area (Å²) in [7, 11) is 0. The van der Waals surface area contributed by atoms with Gasteiger partial charge in [-0.25, -0.2) is 9.55 Å². The standard InChI is InChI=1S/C14H17N3S2/c1-3-7-17-8-5-11(6-9-17)13-16-14(12(15)19-13)18-10-4-2/h4-6,8-10,15H,3,7H2,1-2H3/p+1/b10-4-. The summed E-state index contributed by atoms with van der Waals surface area (Å²) in [5.74, 6) is 0. The van der Waals surface area contributed by atoms with Gasteiger partial charge in [0.05, 0.1) is 0 Å². The van der Waals surface area contributed by atoms with Gasteiger partial charge in [0, 0.05) is 24.1 Å². The topological polar surface area (TPSA) is 42.8 Å². The summed E-state index contributed by atoms with van der Waals surface area (Å²) in [6, 6.07) is 4.19. The second kappa shape index (κ2) is 6.73. The Bertz CT molecular complexity index is 559. The maximum absolute atomic E-state index is 5.99. The van der Waals surface area contributed by atoms with Crippen molar-refractivity contribution in [1.29, 1.82) is 0 Å². The zero-order valence-corrected chi connectivity index (χ0v) is 12.8. The SMILES string of the molecule is C/C=C\Sc1nc(-c2cc[n+](CCC)cc2)sc1N. The van der Waals surface area contributed by atoms with Crippen LogP contribution in [0.5, 0.6) is 0 Å². The fourth-order valence-corrected chi connectivity index (χ4v) is 3.25. The smallest absolute Gasteiger partial charge is 0.169 e. The van der Waals surface area contributed by atoms with Crippen LogP contribution in [-0.4, -0.2) is 4.98 Å². The summed E-state index contributed by atoms with van der Waals surface area (Å²) >= 11 is 3.10. The first kappa shape index (κ1) is 14.1. The first-order valence-corrected chi connectivity index (χ1v) is 7.97. The molecule has 0 atom stereocenters. The normalized spacial score (nSPS) is 11.3. The molecule has 0 spiro atoms. The van der Waals surface area contributed by atoms with Crippen molar-refractivity contribution in [3.05, 3.63) is 36.0 Å². The van der Waals surface area contributed by atoms with Crippen LogP contribution in [0.3, 0.4) is 0 Å². The minimum absolute atomic E-state index is 0.781. The number of thioether (sulfide) groups is 1. The molecule has 0 aliphatic heterocycles. The molecule has 100 valence electrons. The average Bonchev–Trinajstić information content (AvgIpc) is 2.79. The molecule has 0 bridgehead atoms. The van der Waals surface area contributed by atoms with Gasteiger partial charge in [0.1, 0.15) is 21.6 Å². The summed E-state index contributed by atoms with van der Waals surface area (Å²) in [4.78, 5) is 4.59. The molecule has 5 heteroatoms. The Morgan fingerprint density at radius 2 is 2.16 bits per heavy atom. The number of aryl methyl sites for hydroxylation is 1. The molecule has 2 rings (SSSR count). The van der Waals surface area contributed by atoms with Crippen molar-refractivity contribution >= 4 is 28.1 Å². The highest BCUT2D eigenvalue weighted by Crippen LogP contribution is 2.35. The lowest BCUT2D eigenvalue weighted by Gasteiger charge is -1.96. The Balaban J connectivity index is 2.21. The third-order valence-electron chi connectivity index (χ3n) is 2.56. The zero-order valence-electron chi connectivity index (χ0n) is 11.2. The first-order chi connectivity index (χ1) is 9.24. The fourth-order valence-electron chi connectivity index (χ4n) is 1.67. The molecule has 2 aromatic rings. The number of thiazole rings is 1. The lowest BCUT2D eigenvalue weighted by molar-refractivity contribution is -0.696. The zero-order chi connectivity index (χ0) is 13.7. The molecular weight excluding hydrogens is 274 g/mol. The molecule has 2 heterocycles. The second-order valence-electron chi connectivity index (χ2n) is 4.10. The van der Waals surface area contributed by atoms with Crippen LogP contribution in [0.4, 0.5) is 5.00 Å². The van der Waals surface area contributed by atoms with E-state index in [1.807, 2.05) is 18.4 Å². The molecule has 0 radical (unpaired) electrons. The third-order valence-corrected chi connectivity index (χ3v) is 4.56. The van der Waals surface area contributed by atoms with Crippen LogP contribution >= 0.6 is 23.1 Å². The van der Waals surface area contributed by atoms with Gasteiger partial charge in [0.25, 0.3) is 0 Å². The molecule has 0 aromatic carbocycles.